The van der Waals surface area contributed by atoms with Crippen molar-refractivity contribution in [2.45, 2.75) is 33.7 Å². The summed E-state index contributed by atoms with van der Waals surface area (Å²) in [4.78, 5) is 23.4. The van der Waals surface area contributed by atoms with E-state index in [1.54, 1.807) is 26.0 Å². The van der Waals surface area contributed by atoms with Crippen LogP contribution in [0, 0.1) is 12.8 Å². The summed E-state index contributed by atoms with van der Waals surface area (Å²) < 4.78 is 6.58. The predicted octanol–water partition coefficient (Wildman–Crippen LogP) is 1.92. The van der Waals surface area contributed by atoms with Crippen LogP contribution in [0.4, 0.5) is 0 Å². The first-order chi connectivity index (χ1) is 7.93. The van der Waals surface area contributed by atoms with Gasteiger partial charge in [-0.3, -0.25) is 9.36 Å². The van der Waals surface area contributed by atoms with Gasteiger partial charge in [0.2, 0.25) is 0 Å². The van der Waals surface area contributed by atoms with E-state index in [0.29, 0.717) is 12.5 Å². The fourth-order valence-electron chi connectivity index (χ4n) is 1.58. The first-order valence-electron chi connectivity index (χ1n) is 5.78. The van der Waals surface area contributed by atoms with Crippen molar-refractivity contribution in [3.8, 4) is 0 Å². The van der Waals surface area contributed by atoms with Gasteiger partial charge in [-0.1, -0.05) is 19.9 Å². The van der Waals surface area contributed by atoms with Gasteiger partial charge in [-0.2, -0.15) is 0 Å². The lowest BCUT2D eigenvalue weighted by Crippen LogP contribution is -2.30. The normalized spacial score (nSPS) is 12.5. The molecule has 0 aliphatic rings. The molecule has 4 heteroatoms. The molecule has 1 atom stereocenters. The predicted molar refractivity (Wildman–Crippen MR) is 65.9 cm³/mol. The van der Waals surface area contributed by atoms with E-state index in [-0.39, 0.29) is 11.5 Å². The molecule has 1 heterocycles. The van der Waals surface area contributed by atoms with Gasteiger partial charge in [-0.15, -0.1) is 0 Å². The maximum absolute atomic E-state index is 11.8. The highest BCUT2D eigenvalue weighted by molar-refractivity contribution is 5.73. The third-order valence-electron chi connectivity index (χ3n) is 2.48. The monoisotopic (exact) mass is 237 g/mol. The van der Waals surface area contributed by atoms with E-state index >= 15 is 0 Å². The van der Waals surface area contributed by atoms with E-state index in [2.05, 4.69) is 0 Å². The maximum atomic E-state index is 11.8. The minimum absolute atomic E-state index is 0.181. The van der Waals surface area contributed by atoms with Gasteiger partial charge >= 0.3 is 5.97 Å². The van der Waals surface area contributed by atoms with E-state index in [1.165, 1.54) is 10.6 Å². The summed E-state index contributed by atoms with van der Waals surface area (Å²) in [6.45, 7) is 7.80. The highest BCUT2D eigenvalue weighted by atomic mass is 16.5. The SMILES string of the molecule is Cc1cccc(=O)n1C(C)C(=O)OCC(C)C. The number of carbonyl (C=O) groups is 1. The van der Waals surface area contributed by atoms with E-state index in [4.69, 9.17) is 4.74 Å². The van der Waals surface area contributed by atoms with Gasteiger partial charge in [0.15, 0.2) is 0 Å². The summed E-state index contributed by atoms with van der Waals surface area (Å²) in [6, 6.07) is 4.34. The fraction of sp³-hybridized carbons (Fsp3) is 0.538. The summed E-state index contributed by atoms with van der Waals surface area (Å²) in [5.74, 6) is -0.0742. The smallest absolute Gasteiger partial charge is 0.328 e. The molecule has 0 N–H and O–H groups in total. The van der Waals surface area contributed by atoms with E-state index in [9.17, 15) is 9.59 Å². The Balaban J connectivity index is 2.86. The molecule has 94 valence electrons. The van der Waals surface area contributed by atoms with Crippen LogP contribution in [0.5, 0.6) is 0 Å². The minimum atomic E-state index is -0.581. The average molecular weight is 237 g/mol. The molecule has 0 amide bonds. The minimum Gasteiger partial charge on any atom is -0.464 e. The summed E-state index contributed by atoms with van der Waals surface area (Å²) in [6.07, 6.45) is 0. The molecule has 0 saturated heterocycles. The first kappa shape index (κ1) is 13.5. The van der Waals surface area contributed by atoms with Gasteiger partial charge in [0.25, 0.3) is 5.56 Å². The quantitative estimate of drug-likeness (QED) is 0.752. The zero-order valence-electron chi connectivity index (χ0n) is 10.8. The van der Waals surface area contributed by atoms with Crippen molar-refractivity contribution < 1.29 is 9.53 Å². The van der Waals surface area contributed by atoms with Crippen LogP contribution in [0.2, 0.25) is 0 Å². The molecule has 4 nitrogen and oxygen atoms in total. The molecule has 17 heavy (non-hydrogen) atoms. The van der Waals surface area contributed by atoms with Gasteiger partial charge in [-0.25, -0.2) is 4.79 Å². The lowest BCUT2D eigenvalue weighted by atomic mass is 10.2. The Morgan fingerprint density at radius 1 is 1.35 bits per heavy atom. The van der Waals surface area contributed by atoms with Crippen molar-refractivity contribution in [3.63, 3.8) is 0 Å². The molecule has 1 aromatic heterocycles. The largest absolute Gasteiger partial charge is 0.464 e. The number of hydrogen-bond acceptors (Lipinski definition) is 3. The van der Waals surface area contributed by atoms with Crippen LogP contribution in [0.1, 0.15) is 32.5 Å². The standard InChI is InChI=1S/C13H19NO3/c1-9(2)8-17-13(16)11(4)14-10(3)6-5-7-12(14)15/h5-7,9,11H,8H2,1-4H3. The van der Waals surface area contributed by atoms with Gasteiger partial charge in [0.1, 0.15) is 6.04 Å². The van der Waals surface area contributed by atoms with E-state index in [0.717, 1.165) is 5.69 Å². The number of esters is 1. The zero-order chi connectivity index (χ0) is 13.0. The van der Waals surface area contributed by atoms with Crippen molar-refractivity contribution in [3.05, 3.63) is 34.2 Å². The number of ether oxygens (including phenoxy) is 1. The topological polar surface area (TPSA) is 48.3 Å². The Morgan fingerprint density at radius 2 is 2.00 bits per heavy atom. The second kappa shape index (κ2) is 5.66. The highest BCUT2D eigenvalue weighted by Crippen LogP contribution is 2.09. The molecule has 1 unspecified atom stereocenters. The van der Waals surface area contributed by atoms with Crippen molar-refractivity contribution in [1.82, 2.24) is 4.57 Å². The Kier molecular flexibility index (Phi) is 4.49. The van der Waals surface area contributed by atoms with Gasteiger partial charge in [0.05, 0.1) is 6.61 Å². The number of rotatable bonds is 4. The second-order valence-electron chi connectivity index (χ2n) is 4.58. The van der Waals surface area contributed by atoms with Gasteiger partial charge in [-0.05, 0) is 25.8 Å². The van der Waals surface area contributed by atoms with Gasteiger partial charge < -0.3 is 4.74 Å². The van der Waals surface area contributed by atoms with E-state index < -0.39 is 6.04 Å². The van der Waals surface area contributed by atoms with E-state index in [1.807, 2.05) is 13.8 Å². The average Bonchev–Trinajstić information content (AvgIpc) is 2.25. The Hall–Kier alpha value is -1.58. The lowest BCUT2D eigenvalue weighted by molar-refractivity contribution is -0.148. The highest BCUT2D eigenvalue weighted by Gasteiger charge is 2.19. The Morgan fingerprint density at radius 3 is 2.53 bits per heavy atom. The van der Waals surface area contributed by atoms with Crippen molar-refractivity contribution in [2.75, 3.05) is 6.61 Å². The first-order valence-corrected chi connectivity index (χ1v) is 5.78. The molecular formula is C13H19NO3. The van der Waals surface area contributed by atoms with Crippen LogP contribution in [0.3, 0.4) is 0 Å². The van der Waals surface area contributed by atoms with Crippen molar-refractivity contribution in [1.29, 1.82) is 0 Å². The van der Waals surface area contributed by atoms with Crippen LogP contribution in [-0.2, 0) is 9.53 Å². The number of hydrogen-bond donors (Lipinski definition) is 0. The van der Waals surface area contributed by atoms with Crippen LogP contribution in [-0.4, -0.2) is 17.1 Å². The number of aromatic nitrogens is 1. The van der Waals surface area contributed by atoms with Crippen LogP contribution in [0.15, 0.2) is 23.0 Å². The Labute approximate surface area is 101 Å². The number of pyridine rings is 1. The number of nitrogens with zero attached hydrogens (tertiary/aromatic N) is 1. The number of carbonyl (C=O) groups excluding carboxylic acids is 1. The fourth-order valence-corrected chi connectivity index (χ4v) is 1.58. The summed E-state index contributed by atoms with van der Waals surface area (Å²) in [7, 11) is 0. The summed E-state index contributed by atoms with van der Waals surface area (Å²) in [5.41, 5.74) is 0.575. The molecular weight excluding hydrogens is 218 g/mol. The molecule has 0 bridgehead atoms. The molecule has 0 aromatic carbocycles. The molecule has 0 radical (unpaired) electrons. The third kappa shape index (κ3) is 3.44. The van der Waals surface area contributed by atoms with Crippen LogP contribution in [0.25, 0.3) is 0 Å². The summed E-state index contributed by atoms with van der Waals surface area (Å²) >= 11 is 0. The summed E-state index contributed by atoms with van der Waals surface area (Å²) in [5, 5.41) is 0. The number of aryl methyl sites for hydroxylation is 1. The second-order valence-corrected chi connectivity index (χ2v) is 4.58. The van der Waals surface area contributed by atoms with Crippen molar-refractivity contribution in [2.24, 2.45) is 5.92 Å². The molecule has 0 saturated carbocycles. The molecule has 0 aliphatic heterocycles. The Bertz CT molecular complexity index is 448. The third-order valence-corrected chi connectivity index (χ3v) is 2.48. The molecule has 0 fully saturated rings. The molecule has 1 aromatic rings. The molecule has 0 aliphatic carbocycles. The molecule has 1 rings (SSSR count). The van der Waals surface area contributed by atoms with Gasteiger partial charge in [0, 0.05) is 11.8 Å². The van der Waals surface area contributed by atoms with Crippen LogP contribution >= 0.6 is 0 Å². The van der Waals surface area contributed by atoms with Crippen LogP contribution < -0.4 is 5.56 Å². The lowest BCUT2D eigenvalue weighted by Gasteiger charge is -2.17. The molecule has 0 spiro atoms. The zero-order valence-corrected chi connectivity index (χ0v) is 10.8. The maximum Gasteiger partial charge on any atom is 0.328 e. The van der Waals surface area contributed by atoms with Crippen molar-refractivity contribution >= 4 is 5.97 Å².